The number of aromatic nitrogens is 4. The highest BCUT2D eigenvalue weighted by Gasteiger charge is 2.47. The smallest absolute Gasteiger partial charge is 0.254 e. The maximum Gasteiger partial charge on any atom is 0.254 e. The number of aliphatic hydroxyl groups excluding tert-OH is 2. The Morgan fingerprint density at radius 2 is 1.92 bits per heavy atom. The molecule has 0 radical (unpaired) electrons. The molecular weight excluding hydrogens is 490 g/mol. The summed E-state index contributed by atoms with van der Waals surface area (Å²) in [5.74, 6) is 5.45. The third-order valence-corrected chi connectivity index (χ3v) is 6.96. The molecule has 1 saturated carbocycles. The van der Waals surface area contributed by atoms with Gasteiger partial charge >= 0.3 is 0 Å². The van der Waals surface area contributed by atoms with E-state index < -0.39 is 30.4 Å². The Balaban J connectivity index is 1.41. The number of nitrogens with one attached hydrogen (secondary N) is 1. The molecule has 3 aromatic rings. The van der Waals surface area contributed by atoms with Gasteiger partial charge in [-0.15, -0.1) is 0 Å². The molecule has 0 spiro atoms. The van der Waals surface area contributed by atoms with Crippen molar-refractivity contribution in [3.8, 4) is 11.8 Å². The van der Waals surface area contributed by atoms with Gasteiger partial charge in [-0.1, -0.05) is 37.0 Å². The van der Waals surface area contributed by atoms with Crippen molar-refractivity contribution < 1.29 is 24.5 Å². The molecule has 12 nitrogen and oxygen atoms in total. The van der Waals surface area contributed by atoms with Gasteiger partial charge in [0.2, 0.25) is 5.82 Å². The van der Waals surface area contributed by atoms with Crippen LogP contribution in [-0.4, -0.2) is 84.4 Å². The van der Waals surface area contributed by atoms with Gasteiger partial charge in [-0.3, -0.25) is 14.2 Å². The van der Waals surface area contributed by atoms with Crippen LogP contribution in [0.3, 0.4) is 0 Å². The van der Waals surface area contributed by atoms with E-state index in [-0.39, 0.29) is 41.3 Å². The van der Waals surface area contributed by atoms with Crippen LogP contribution in [-0.2, 0) is 9.53 Å². The van der Waals surface area contributed by atoms with Gasteiger partial charge in [-0.25, -0.2) is 15.0 Å². The Labute approximate surface area is 218 Å². The minimum absolute atomic E-state index is 0.0712. The van der Waals surface area contributed by atoms with Crippen LogP contribution in [0.15, 0.2) is 36.7 Å². The molecule has 4 atom stereocenters. The zero-order valence-corrected chi connectivity index (χ0v) is 20.8. The summed E-state index contributed by atoms with van der Waals surface area (Å²) in [6.45, 7) is 0.198. The maximum absolute atomic E-state index is 13.2. The van der Waals surface area contributed by atoms with Gasteiger partial charge in [-0.05, 0) is 30.9 Å². The number of ether oxygens (including phenoxy) is 1. The number of nitrogens with two attached hydrogens (primary N) is 1. The number of likely N-dealkylation sites (N-methyl/N-ethyl adjacent to an activating group) is 1. The number of nitrogens with zero attached hydrogens (tertiary/aromatic N) is 5. The molecular formula is C26H29N7O5. The third kappa shape index (κ3) is 4.79. The summed E-state index contributed by atoms with van der Waals surface area (Å²) < 4.78 is 7.03. The Hall–Kier alpha value is -4.05. The second kappa shape index (κ2) is 10.7. The topological polar surface area (TPSA) is 169 Å². The number of amides is 2. The number of carbonyl (C=O) groups excluding carboxylic acids is 2. The molecule has 38 heavy (non-hydrogen) atoms. The number of rotatable bonds is 5. The molecule has 1 aromatic carbocycles. The van der Waals surface area contributed by atoms with Crippen LogP contribution in [0.4, 0.5) is 5.82 Å². The van der Waals surface area contributed by atoms with Gasteiger partial charge in [0.15, 0.2) is 23.8 Å². The van der Waals surface area contributed by atoms with Crippen LogP contribution in [0.2, 0.25) is 0 Å². The van der Waals surface area contributed by atoms with E-state index >= 15 is 0 Å². The zero-order valence-electron chi connectivity index (χ0n) is 20.8. The van der Waals surface area contributed by atoms with Gasteiger partial charge in [0.25, 0.3) is 11.8 Å². The summed E-state index contributed by atoms with van der Waals surface area (Å²) in [6, 6.07) is 9.24. The molecule has 1 unspecified atom stereocenters. The molecule has 12 heteroatoms. The molecule has 1 aliphatic carbocycles. The fraction of sp³-hybridized carbons (Fsp3) is 0.423. The first-order chi connectivity index (χ1) is 18.4. The molecule has 5 N–H and O–H groups in total. The van der Waals surface area contributed by atoms with Crippen LogP contribution in [0.25, 0.3) is 11.2 Å². The maximum atomic E-state index is 13.2. The van der Waals surface area contributed by atoms with Gasteiger partial charge in [-0.2, -0.15) is 0 Å². The van der Waals surface area contributed by atoms with E-state index in [1.807, 2.05) is 18.2 Å². The largest absolute Gasteiger partial charge is 0.387 e. The summed E-state index contributed by atoms with van der Waals surface area (Å²) >= 11 is 0. The molecule has 198 valence electrons. The number of hydrogen-bond acceptors (Lipinski definition) is 9. The number of carbonyl (C=O) groups is 2. The number of aliphatic hydroxyl groups is 2. The quantitative estimate of drug-likeness (QED) is 0.344. The van der Waals surface area contributed by atoms with Crippen molar-refractivity contribution in [3.63, 3.8) is 0 Å². The summed E-state index contributed by atoms with van der Waals surface area (Å²) in [4.78, 5) is 39.9. The average Bonchev–Trinajstić information content (AvgIpc) is 3.67. The van der Waals surface area contributed by atoms with Crippen molar-refractivity contribution in [2.45, 2.75) is 56.3 Å². The molecule has 1 aliphatic heterocycles. The number of nitrogen functional groups attached to an aromatic ring is 1. The first kappa shape index (κ1) is 25.6. The van der Waals surface area contributed by atoms with E-state index in [1.165, 1.54) is 17.9 Å². The summed E-state index contributed by atoms with van der Waals surface area (Å²) in [7, 11) is 1.41. The fourth-order valence-corrected chi connectivity index (χ4v) is 4.96. The molecule has 2 amide bonds. The lowest BCUT2D eigenvalue weighted by atomic mass is 10.1. The van der Waals surface area contributed by atoms with Crippen LogP contribution in [0.1, 0.15) is 48.1 Å². The Morgan fingerprint density at radius 1 is 1.18 bits per heavy atom. The van der Waals surface area contributed by atoms with Crippen molar-refractivity contribution in [3.05, 3.63) is 48.0 Å². The van der Waals surface area contributed by atoms with Gasteiger partial charge in [0.1, 0.15) is 17.7 Å². The molecule has 0 bridgehead atoms. The lowest BCUT2D eigenvalue weighted by Crippen LogP contribution is -2.41. The highest BCUT2D eigenvalue weighted by Crippen LogP contribution is 2.32. The molecule has 1 saturated heterocycles. The van der Waals surface area contributed by atoms with Crippen LogP contribution in [0.5, 0.6) is 0 Å². The predicted octanol–water partition coefficient (Wildman–Crippen LogP) is 0.210. The first-order valence-corrected chi connectivity index (χ1v) is 12.5. The van der Waals surface area contributed by atoms with Crippen LogP contribution in [0, 0.1) is 11.8 Å². The SMILES string of the molecule is CNC(=O)[C@H]1O[C@@H](n2cnc3c(N)nc(C#CCN(C(=O)c4ccccc4)C4CCCC4)nc32)[C@H](O)C1O. The number of fused-ring (bicyclic) bond motifs is 1. The van der Waals surface area contributed by atoms with Crippen molar-refractivity contribution in [2.75, 3.05) is 19.3 Å². The average molecular weight is 520 g/mol. The fourth-order valence-electron chi connectivity index (χ4n) is 4.96. The van der Waals surface area contributed by atoms with Crippen molar-refractivity contribution in [1.29, 1.82) is 0 Å². The zero-order chi connectivity index (χ0) is 26.8. The van der Waals surface area contributed by atoms with Crippen LogP contribution >= 0.6 is 0 Å². The number of imidazole rings is 1. The van der Waals surface area contributed by atoms with E-state index in [2.05, 4.69) is 32.1 Å². The Bertz CT molecular complexity index is 1390. The molecule has 2 aromatic heterocycles. The third-order valence-electron chi connectivity index (χ3n) is 6.96. The van der Waals surface area contributed by atoms with E-state index in [0.717, 1.165) is 25.7 Å². The second-order valence-corrected chi connectivity index (χ2v) is 9.34. The van der Waals surface area contributed by atoms with E-state index in [9.17, 15) is 19.8 Å². The summed E-state index contributed by atoms with van der Waals surface area (Å²) in [6.07, 6.45) is 0.101. The Morgan fingerprint density at radius 3 is 2.63 bits per heavy atom. The van der Waals surface area contributed by atoms with Gasteiger partial charge in [0, 0.05) is 18.7 Å². The molecule has 3 heterocycles. The Kier molecular flexibility index (Phi) is 7.24. The van der Waals surface area contributed by atoms with Crippen molar-refractivity contribution in [2.24, 2.45) is 0 Å². The lowest BCUT2D eigenvalue weighted by molar-refractivity contribution is -0.137. The summed E-state index contributed by atoms with van der Waals surface area (Å²) in [5.41, 5.74) is 7.20. The number of hydrogen-bond donors (Lipinski definition) is 4. The highest BCUT2D eigenvalue weighted by atomic mass is 16.6. The van der Waals surface area contributed by atoms with Gasteiger partial charge in [0.05, 0.1) is 12.9 Å². The molecule has 2 fully saturated rings. The minimum Gasteiger partial charge on any atom is -0.387 e. The van der Waals surface area contributed by atoms with E-state index in [4.69, 9.17) is 10.5 Å². The van der Waals surface area contributed by atoms with Gasteiger partial charge < -0.3 is 30.9 Å². The lowest BCUT2D eigenvalue weighted by Gasteiger charge is -2.27. The standard InChI is InChI=1S/C26H29N7O5/c1-28-24(36)21-19(34)20(35)26(38-21)33-14-29-18-22(27)30-17(31-23(18)33)12-7-13-32(16-10-5-6-11-16)25(37)15-8-3-2-4-9-15/h2-4,8-9,14,16,19-21,26,34-35H,5-6,10-11,13H2,1H3,(H,28,36)(H2,27,30,31)/t19?,20-,21+,26-/m1/s1. The normalized spacial score (nSPS) is 23.2. The molecule has 2 aliphatic rings. The first-order valence-electron chi connectivity index (χ1n) is 12.5. The highest BCUT2D eigenvalue weighted by molar-refractivity contribution is 5.94. The molecule has 5 rings (SSSR count). The van der Waals surface area contributed by atoms with Crippen molar-refractivity contribution >= 4 is 28.8 Å². The number of anilines is 1. The van der Waals surface area contributed by atoms with E-state index in [0.29, 0.717) is 5.56 Å². The van der Waals surface area contributed by atoms with Crippen molar-refractivity contribution in [1.82, 2.24) is 29.7 Å². The predicted molar refractivity (Wildman–Crippen MR) is 136 cm³/mol. The number of benzene rings is 1. The monoisotopic (exact) mass is 519 g/mol. The minimum atomic E-state index is -1.44. The van der Waals surface area contributed by atoms with E-state index in [1.54, 1.807) is 17.0 Å². The van der Waals surface area contributed by atoms with Crippen LogP contribution < -0.4 is 11.1 Å². The summed E-state index contributed by atoms with van der Waals surface area (Å²) in [5, 5.41) is 23.3. The second-order valence-electron chi connectivity index (χ2n) is 9.34.